The summed E-state index contributed by atoms with van der Waals surface area (Å²) in [5.74, 6) is 0. The van der Waals surface area contributed by atoms with Gasteiger partial charge in [-0.05, 0) is 0 Å². The topological polar surface area (TPSA) is 0 Å². The molecule has 2 aliphatic carbocycles. The van der Waals surface area contributed by atoms with Crippen LogP contribution in [0.15, 0.2) is 96.1 Å². The molecule has 2 unspecified atom stereocenters. The summed E-state index contributed by atoms with van der Waals surface area (Å²) in [5, 5.41) is 0. The van der Waals surface area contributed by atoms with Gasteiger partial charge in [-0.15, -0.1) is 24.8 Å². The number of hydrogen-bond acceptors (Lipinski definition) is 0. The summed E-state index contributed by atoms with van der Waals surface area (Å²) in [6.07, 6.45) is 6.21. The fourth-order valence-corrected chi connectivity index (χ4v) is 28.6. The molecule has 4 aromatic rings. The van der Waals surface area contributed by atoms with E-state index in [-0.39, 0.29) is 24.8 Å². The monoisotopic (exact) mass is 674 g/mol. The van der Waals surface area contributed by atoms with Crippen LogP contribution in [0.1, 0.15) is 60.9 Å². The molecular weight excluding hydrogens is 635 g/mol. The maximum atomic E-state index is 2.75. The molecule has 0 bridgehead atoms. The molecule has 0 N–H and O–H groups in total. The molecule has 0 spiro atoms. The van der Waals surface area contributed by atoms with Crippen LogP contribution in [0, 0.1) is 13.8 Å². The molecule has 6 rings (SSSR count). The molecule has 0 amide bonds. The smallest absolute Gasteiger partial charge is 0.147 e. The zero-order valence-corrected chi connectivity index (χ0v) is 30.6. The van der Waals surface area contributed by atoms with Gasteiger partial charge in [-0.3, -0.25) is 0 Å². The number of benzene rings is 4. The van der Waals surface area contributed by atoms with Gasteiger partial charge in [0.05, 0.1) is 0 Å². The summed E-state index contributed by atoms with van der Waals surface area (Å²) in [4.78, 5) is 0. The molecule has 0 saturated heterocycles. The van der Waals surface area contributed by atoms with Crippen LogP contribution in [0.25, 0.3) is 34.4 Å². The summed E-state index contributed by atoms with van der Waals surface area (Å²) >= 11 is -3.54. The molecule has 2 aliphatic rings. The van der Waals surface area contributed by atoms with E-state index in [9.17, 15) is 0 Å². The Labute approximate surface area is 261 Å². The molecule has 0 aliphatic heterocycles. The van der Waals surface area contributed by atoms with Gasteiger partial charge in [0.2, 0.25) is 0 Å². The third kappa shape index (κ3) is 5.36. The predicted octanol–water partition coefficient (Wildman–Crippen LogP) is 10.8. The minimum atomic E-state index is -3.54. The summed E-state index contributed by atoms with van der Waals surface area (Å²) < 4.78 is 6.59. The first-order valence-electron chi connectivity index (χ1n) is 14.4. The molecule has 0 fully saturated rings. The van der Waals surface area contributed by atoms with E-state index in [0.717, 1.165) is 6.42 Å². The standard InChI is InChI=1S/C18H17.C17H15.2CH3.2ClH.H2Si.Zr/c1-3-14-11-16-5-4-6-17(18(16)12-14)15-9-7-13(2)8-10-15;1-12-6-8-14(9-7-12)16-5-3-4-15-10-13(2)11-17(15)16;;;;;;/h4-12H,3H2,1-2H3;3-11H,1-2H3;2*1H3;2*1H;1H2;. The van der Waals surface area contributed by atoms with Crippen molar-refractivity contribution in [1.29, 1.82) is 0 Å². The van der Waals surface area contributed by atoms with Gasteiger partial charge in [-0.2, -0.15) is 0 Å². The number of halogens is 2. The average molecular weight is 677 g/mol. The minimum Gasteiger partial charge on any atom is -0.147 e. The van der Waals surface area contributed by atoms with E-state index in [0.29, 0.717) is 7.25 Å². The molecule has 4 aromatic carbocycles. The van der Waals surface area contributed by atoms with E-state index in [1.807, 2.05) is 0 Å². The van der Waals surface area contributed by atoms with Crippen molar-refractivity contribution in [3.8, 4) is 22.3 Å². The van der Waals surface area contributed by atoms with E-state index < -0.39 is 17.4 Å². The van der Waals surface area contributed by atoms with Gasteiger partial charge in [0.15, 0.2) is 0 Å². The second-order valence-corrected chi connectivity index (χ2v) is 43.6. The van der Waals surface area contributed by atoms with Crippen molar-refractivity contribution >= 4 is 43.8 Å². The third-order valence-corrected chi connectivity index (χ3v) is 27.2. The Kier molecular flexibility index (Phi) is 9.05. The molecule has 0 radical (unpaired) electrons. The van der Waals surface area contributed by atoms with Crippen molar-refractivity contribution in [2.75, 3.05) is 0 Å². The number of rotatable bonds is 5. The maximum absolute atomic E-state index is 3.54. The molecule has 0 heterocycles. The quantitative estimate of drug-likeness (QED) is 0.185. The van der Waals surface area contributed by atoms with Crippen molar-refractivity contribution < 1.29 is 17.4 Å². The Balaban J connectivity index is 0.00000194. The second kappa shape index (κ2) is 11.6. The van der Waals surface area contributed by atoms with Crippen LogP contribution in [0.3, 0.4) is 0 Å². The summed E-state index contributed by atoms with van der Waals surface area (Å²) in [6.45, 7) is 11.6. The molecular formula is C37H42Cl2SiZr. The number of hydrogen-bond donors (Lipinski definition) is 0. The first-order chi connectivity index (χ1) is 18.6. The van der Waals surface area contributed by atoms with Crippen LogP contribution in [0.2, 0.25) is 9.26 Å². The Morgan fingerprint density at radius 2 is 1.05 bits per heavy atom. The fraction of sp³-hybridized carbons (Fsp3) is 0.243. The first kappa shape index (κ1) is 32.0. The largest absolute Gasteiger partial charge is 0.147 e. The molecule has 4 heteroatoms. The maximum Gasteiger partial charge on any atom is -0.147 e. The zero-order chi connectivity index (χ0) is 27.6. The van der Waals surface area contributed by atoms with Crippen LogP contribution in [-0.4, -0.2) is 6.88 Å². The number of aryl methyl sites for hydroxylation is 2. The summed E-state index contributed by atoms with van der Waals surface area (Å²) in [6, 6.07) is 32.3. The molecule has 41 heavy (non-hydrogen) atoms. The van der Waals surface area contributed by atoms with Crippen molar-refractivity contribution in [2.24, 2.45) is 0 Å². The minimum absolute atomic E-state index is 0. The Morgan fingerprint density at radius 1 is 0.610 bits per heavy atom. The fourth-order valence-electron chi connectivity index (χ4n) is 7.84. The van der Waals surface area contributed by atoms with Crippen LogP contribution in [0.4, 0.5) is 0 Å². The van der Waals surface area contributed by atoms with Crippen molar-refractivity contribution in [1.82, 2.24) is 0 Å². The van der Waals surface area contributed by atoms with Gasteiger partial charge < -0.3 is 0 Å². The summed E-state index contributed by atoms with van der Waals surface area (Å²) in [7, 11) is 0. The van der Waals surface area contributed by atoms with E-state index in [4.69, 9.17) is 0 Å². The Hall–Kier alpha value is -1.96. The Bertz CT molecular complexity index is 1740. The van der Waals surface area contributed by atoms with Crippen molar-refractivity contribution in [3.05, 3.63) is 129 Å². The number of allylic oxidation sites excluding steroid dienone is 2. The zero-order valence-electron chi connectivity index (χ0n) is 25.1. The van der Waals surface area contributed by atoms with Gasteiger partial charge in [-0.25, -0.2) is 0 Å². The third-order valence-electron chi connectivity index (χ3n) is 9.46. The predicted molar refractivity (Wildman–Crippen MR) is 185 cm³/mol. The van der Waals surface area contributed by atoms with E-state index >= 15 is 0 Å². The van der Waals surface area contributed by atoms with E-state index in [1.54, 1.807) is 22.3 Å². The first-order valence-corrected chi connectivity index (χ1v) is 28.1. The molecule has 0 nitrogen and oxygen atoms in total. The van der Waals surface area contributed by atoms with Gasteiger partial charge in [0.1, 0.15) is 0 Å². The molecule has 2 atom stereocenters. The van der Waals surface area contributed by atoms with Crippen LogP contribution < -0.4 is 0 Å². The van der Waals surface area contributed by atoms with Crippen molar-refractivity contribution in [3.63, 3.8) is 0 Å². The van der Waals surface area contributed by atoms with Gasteiger partial charge in [0.25, 0.3) is 0 Å². The summed E-state index contributed by atoms with van der Waals surface area (Å²) in [5.41, 5.74) is 17.3. The molecule has 0 saturated carbocycles. The second-order valence-electron chi connectivity index (χ2n) is 13.1. The van der Waals surface area contributed by atoms with E-state index in [1.165, 1.54) is 44.5 Å². The van der Waals surface area contributed by atoms with Crippen LogP contribution in [-0.2, 0) is 17.4 Å². The Morgan fingerprint density at radius 3 is 1.51 bits per heavy atom. The van der Waals surface area contributed by atoms with Crippen LogP contribution in [0.5, 0.6) is 0 Å². The SMILES string of the molecule is CCC1=Cc2c(-c3ccc(C)cc3)cccc2[CH]1[Zr]([CH3])([CH3])(=[SiH2])[CH]1C(C)=Cc2c(-c3ccc(C)cc3)cccc21.Cl.Cl. The van der Waals surface area contributed by atoms with Gasteiger partial charge in [0, 0.05) is 0 Å². The normalized spacial score (nSPS) is 17.5. The molecule has 0 aromatic heterocycles. The van der Waals surface area contributed by atoms with Gasteiger partial charge >= 0.3 is 239 Å². The molecule has 212 valence electrons. The van der Waals surface area contributed by atoms with Crippen molar-refractivity contribution in [2.45, 2.75) is 50.6 Å². The van der Waals surface area contributed by atoms with E-state index in [2.05, 4.69) is 141 Å². The van der Waals surface area contributed by atoms with Crippen LogP contribution >= 0.6 is 24.8 Å². The average Bonchev–Trinajstić information content (AvgIpc) is 3.48. The van der Waals surface area contributed by atoms with Gasteiger partial charge in [-0.1, -0.05) is 0 Å². The number of fused-ring (bicyclic) bond motifs is 2.